The number of rotatable bonds is 2. The van der Waals surface area contributed by atoms with E-state index in [4.69, 9.17) is 9.47 Å². The molecular weight excluding hydrogens is 336 g/mol. The SMILES string of the molecule is COc1cc(Br)ccc1C1C(=O)[C@@H]2[C@H](C1=O)[C@H]1C=C[C@@H]2O1. The molecule has 1 unspecified atom stereocenters. The first-order chi connectivity index (χ1) is 10.1. The molecule has 0 amide bonds. The molecule has 3 aliphatic rings. The molecule has 21 heavy (non-hydrogen) atoms. The first-order valence-electron chi connectivity index (χ1n) is 6.86. The number of fused-ring (bicyclic) bond motifs is 5. The van der Waals surface area contributed by atoms with Crippen molar-refractivity contribution in [2.24, 2.45) is 11.8 Å². The zero-order valence-electron chi connectivity index (χ0n) is 11.3. The molecule has 108 valence electrons. The van der Waals surface area contributed by atoms with Gasteiger partial charge in [0.1, 0.15) is 11.7 Å². The molecular formula is C16H13BrO4. The lowest BCUT2D eigenvalue weighted by Gasteiger charge is -2.15. The summed E-state index contributed by atoms with van der Waals surface area (Å²) in [7, 11) is 1.55. The number of benzene rings is 1. The highest BCUT2D eigenvalue weighted by Crippen LogP contribution is 2.50. The number of carbonyl (C=O) groups is 2. The fraction of sp³-hybridized carbons (Fsp3) is 0.375. The summed E-state index contributed by atoms with van der Waals surface area (Å²) in [6.45, 7) is 0. The molecule has 1 aromatic carbocycles. The van der Waals surface area contributed by atoms with E-state index < -0.39 is 5.92 Å². The molecule has 4 nitrogen and oxygen atoms in total. The Morgan fingerprint density at radius 3 is 2.29 bits per heavy atom. The average molecular weight is 349 g/mol. The average Bonchev–Trinajstić information content (AvgIpc) is 3.14. The van der Waals surface area contributed by atoms with Crippen LogP contribution in [0.3, 0.4) is 0 Å². The molecule has 2 heterocycles. The summed E-state index contributed by atoms with van der Waals surface area (Å²) in [5.74, 6) is -0.893. The van der Waals surface area contributed by atoms with Gasteiger partial charge in [0.05, 0.1) is 31.2 Å². The molecule has 1 saturated heterocycles. The van der Waals surface area contributed by atoms with Gasteiger partial charge >= 0.3 is 0 Å². The Bertz CT molecular complexity index is 651. The first-order valence-corrected chi connectivity index (χ1v) is 7.66. The highest BCUT2D eigenvalue weighted by Gasteiger charge is 2.61. The van der Waals surface area contributed by atoms with E-state index in [1.165, 1.54) is 0 Å². The van der Waals surface area contributed by atoms with E-state index in [2.05, 4.69) is 15.9 Å². The predicted octanol–water partition coefficient (Wildman–Crippen LogP) is 2.26. The van der Waals surface area contributed by atoms with E-state index in [-0.39, 0.29) is 35.6 Å². The van der Waals surface area contributed by atoms with Crippen LogP contribution in [0.5, 0.6) is 5.75 Å². The Morgan fingerprint density at radius 1 is 1.10 bits per heavy atom. The molecule has 1 aliphatic carbocycles. The molecule has 5 atom stereocenters. The van der Waals surface area contributed by atoms with Crippen molar-refractivity contribution in [1.29, 1.82) is 0 Å². The summed E-state index contributed by atoms with van der Waals surface area (Å²) in [5.41, 5.74) is 0.657. The third-order valence-corrected chi connectivity index (χ3v) is 5.13. The van der Waals surface area contributed by atoms with Crippen molar-refractivity contribution in [2.75, 3.05) is 7.11 Å². The molecule has 2 fully saturated rings. The van der Waals surface area contributed by atoms with Crippen molar-refractivity contribution in [1.82, 2.24) is 0 Å². The highest BCUT2D eigenvalue weighted by atomic mass is 79.9. The number of ketones is 2. The van der Waals surface area contributed by atoms with Crippen molar-refractivity contribution >= 4 is 27.5 Å². The quantitative estimate of drug-likeness (QED) is 0.607. The molecule has 0 spiro atoms. The molecule has 0 aromatic heterocycles. The summed E-state index contributed by atoms with van der Waals surface area (Å²) in [6.07, 6.45) is 3.34. The smallest absolute Gasteiger partial charge is 0.154 e. The van der Waals surface area contributed by atoms with Gasteiger partial charge in [-0.2, -0.15) is 0 Å². The zero-order valence-corrected chi connectivity index (χ0v) is 12.9. The molecule has 2 aliphatic heterocycles. The molecule has 2 bridgehead atoms. The Kier molecular flexibility index (Phi) is 2.84. The van der Waals surface area contributed by atoms with E-state index in [1.54, 1.807) is 19.2 Å². The van der Waals surface area contributed by atoms with Crippen LogP contribution in [0.1, 0.15) is 11.5 Å². The summed E-state index contributed by atoms with van der Waals surface area (Å²) in [6, 6.07) is 5.41. The Morgan fingerprint density at radius 2 is 1.71 bits per heavy atom. The van der Waals surface area contributed by atoms with E-state index in [0.29, 0.717) is 11.3 Å². The van der Waals surface area contributed by atoms with Crippen LogP contribution in [0, 0.1) is 11.8 Å². The summed E-state index contributed by atoms with van der Waals surface area (Å²) >= 11 is 3.37. The van der Waals surface area contributed by atoms with Crippen molar-refractivity contribution < 1.29 is 19.1 Å². The van der Waals surface area contributed by atoms with E-state index in [0.717, 1.165) is 4.47 Å². The standard InChI is InChI=1S/C16H13BrO4/c1-20-11-6-7(17)2-3-8(11)12-15(18)13-9-4-5-10(21-9)14(13)16(12)19/h2-6,9-10,12-14H,1H3/t9-,10+,12?,13-,14+. The predicted molar refractivity (Wildman–Crippen MR) is 78.2 cm³/mol. The van der Waals surface area contributed by atoms with Gasteiger partial charge in [0.15, 0.2) is 11.6 Å². The Balaban J connectivity index is 1.78. The minimum Gasteiger partial charge on any atom is -0.496 e. The summed E-state index contributed by atoms with van der Waals surface area (Å²) in [5, 5.41) is 0. The van der Waals surface area contributed by atoms with Gasteiger partial charge < -0.3 is 9.47 Å². The van der Waals surface area contributed by atoms with Crippen molar-refractivity contribution in [3.05, 3.63) is 40.4 Å². The minimum atomic E-state index is -0.725. The topological polar surface area (TPSA) is 52.6 Å². The van der Waals surface area contributed by atoms with Crippen molar-refractivity contribution in [2.45, 2.75) is 18.1 Å². The molecule has 1 saturated carbocycles. The van der Waals surface area contributed by atoms with Gasteiger partial charge in [-0.3, -0.25) is 9.59 Å². The van der Waals surface area contributed by atoms with E-state index in [1.807, 2.05) is 18.2 Å². The zero-order chi connectivity index (χ0) is 14.7. The van der Waals surface area contributed by atoms with Crippen LogP contribution in [0.2, 0.25) is 0 Å². The van der Waals surface area contributed by atoms with Gasteiger partial charge in [-0.25, -0.2) is 0 Å². The lowest BCUT2D eigenvalue weighted by molar-refractivity contribution is -0.127. The van der Waals surface area contributed by atoms with Gasteiger partial charge in [0.2, 0.25) is 0 Å². The molecule has 0 radical (unpaired) electrons. The van der Waals surface area contributed by atoms with Gasteiger partial charge in [-0.05, 0) is 12.1 Å². The summed E-state index contributed by atoms with van der Waals surface area (Å²) in [4.78, 5) is 25.5. The fourth-order valence-electron chi connectivity index (χ4n) is 3.74. The van der Waals surface area contributed by atoms with Crippen LogP contribution in [-0.2, 0) is 14.3 Å². The van der Waals surface area contributed by atoms with Gasteiger partial charge in [-0.1, -0.05) is 34.1 Å². The van der Waals surface area contributed by atoms with Crippen LogP contribution >= 0.6 is 15.9 Å². The maximum atomic E-state index is 12.7. The second kappa shape index (κ2) is 4.52. The number of hydrogen-bond donors (Lipinski definition) is 0. The number of ether oxygens (including phenoxy) is 2. The maximum absolute atomic E-state index is 12.7. The first kappa shape index (κ1) is 13.2. The van der Waals surface area contributed by atoms with Crippen LogP contribution in [0.25, 0.3) is 0 Å². The van der Waals surface area contributed by atoms with Gasteiger partial charge in [0.25, 0.3) is 0 Å². The maximum Gasteiger partial charge on any atom is 0.154 e. The second-order valence-electron chi connectivity index (χ2n) is 5.63. The molecule has 1 aromatic rings. The normalized spacial score (nSPS) is 36.4. The lowest BCUT2D eigenvalue weighted by atomic mass is 9.85. The molecule has 5 heteroatoms. The van der Waals surface area contributed by atoms with E-state index in [9.17, 15) is 9.59 Å². The van der Waals surface area contributed by atoms with Crippen LogP contribution < -0.4 is 4.74 Å². The van der Waals surface area contributed by atoms with Crippen molar-refractivity contribution in [3.8, 4) is 5.75 Å². The van der Waals surface area contributed by atoms with Crippen LogP contribution in [-0.4, -0.2) is 30.9 Å². The monoisotopic (exact) mass is 348 g/mol. The number of methoxy groups -OCH3 is 1. The Hall–Kier alpha value is -1.46. The fourth-order valence-corrected chi connectivity index (χ4v) is 4.08. The number of carbonyl (C=O) groups excluding carboxylic acids is 2. The van der Waals surface area contributed by atoms with Crippen molar-refractivity contribution in [3.63, 3.8) is 0 Å². The van der Waals surface area contributed by atoms with Crippen LogP contribution in [0.4, 0.5) is 0 Å². The Labute approximate surface area is 130 Å². The van der Waals surface area contributed by atoms with Crippen LogP contribution in [0.15, 0.2) is 34.8 Å². The van der Waals surface area contributed by atoms with Gasteiger partial charge in [0, 0.05) is 10.0 Å². The van der Waals surface area contributed by atoms with E-state index >= 15 is 0 Å². The summed E-state index contributed by atoms with van der Waals surface area (Å²) < 4.78 is 11.8. The largest absolute Gasteiger partial charge is 0.496 e. The third kappa shape index (κ3) is 1.71. The number of hydrogen-bond acceptors (Lipinski definition) is 4. The molecule has 4 rings (SSSR count). The third-order valence-electron chi connectivity index (χ3n) is 4.63. The van der Waals surface area contributed by atoms with Gasteiger partial charge in [-0.15, -0.1) is 0 Å². The number of Topliss-reactive ketones (excluding diaryl/α,β-unsaturated/α-hetero) is 2. The second-order valence-corrected chi connectivity index (χ2v) is 6.54. The number of halogens is 1. The molecule has 0 N–H and O–H groups in total. The minimum absolute atomic E-state index is 0.0394. The highest BCUT2D eigenvalue weighted by molar-refractivity contribution is 9.10. The lowest BCUT2D eigenvalue weighted by Crippen LogP contribution is -2.26.